The summed E-state index contributed by atoms with van der Waals surface area (Å²) in [5.41, 5.74) is -0.748. The van der Waals surface area contributed by atoms with Crippen molar-refractivity contribution in [2.45, 2.75) is 4.90 Å². The van der Waals surface area contributed by atoms with E-state index in [1.54, 1.807) is 0 Å². The van der Waals surface area contributed by atoms with Gasteiger partial charge in [0, 0.05) is 4.47 Å². The average molecular weight is 298 g/mol. The summed E-state index contributed by atoms with van der Waals surface area (Å²) in [6, 6.07) is 1.40. The monoisotopic (exact) mass is 297 g/mol. The third-order valence-corrected chi connectivity index (χ3v) is 3.43. The van der Waals surface area contributed by atoms with E-state index in [1.807, 2.05) is 0 Å². The van der Waals surface area contributed by atoms with E-state index < -0.39 is 32.3 Å². The highest BCUT2D eigenvalue weighted by Gasteiger charge is 2.19. The molecule has 1 aromatic carbocycles. The van der Waals surface area contributed by atoms with Crippen molar-refractivity contribution >= 4 is 31.9 Å². The first-order valence-corrected chi connectivity index (χ1v) is 5.82. The van der Waals surface area contributed by atoms with Crippen molar-refractivity contribution in [2.24, 2.45) is 5.14 Å². The van der Waals surface area contributed by atoms with Crippen molar-refractivity contribution in [3.05, 3.63) is 28.0 Å². The van der Waals surface area contributed by atoms with Gasteiger partial charge in [0.05, 0.1) is 10.5 Å². The number of halogens is 2. The zero-order chi connectivity index (χ0) is 11.8. The van der Waals surface area contributed by atoms with E-state index in [9.17, 15) is 17.6 Å². The zero-order valence-corrected chi connectivity index (χ0v) is 9.47. The number of aromatic carboxylic acids is 1. The van der Waals surface area contributed by atoms with E-state index in [-0.39, 0.29) is 4.47 Å². The van der Waals surface area contributed by atoms with Gasteiger partial charge in [0.2, 0.25) is 10.0 Å². The Morgan fingerprint density at radius 3 is 2.40 bits per heavy atom. The summed E-state index contributed by atoms with van der Waals surface area (Å²) in [5.74, 6) is -2.60. The highest BCUT2D eigenvalue weighted by atomic mass is 79.9. The first-order chi connectivity index (χ1) is 6.73. The predicted octanol–water partition coefficient (Wildman–Crippen LogP) is 0.934. The van der Waals surface area contributed by atoms with Gasteiger partial charge in [0.1, 0.15) is 5.82 Å². The second-order valence-electron chi connectivity index (χ2n) is 2.61. The summed E-state index contributed by atoms with van der Waals surface area (Å²) in [4.78, 5) is 10.1. The molecule has 0 heterocycles. The van der Waals surface area contributed by atoms with Gasteiger partial charge in [0.15, 0.2) is 0 Å². The number of nitrogens with two attached hydrogens (primary N) is 1. The van der Waals surface area contributed by atoms with Crippen molar-refractivity contribution < 1.29 is 22.7 Å². The Kier molecular flexibility index (Phi) is 3.12. The van der Waals surface area contributed by atoms with Crippen LogP contribution in [0.25, 0.3) is 0 Å². The number of sulfonamides is 1. The Bertz CT molecular complexity index is 528. The SMILES string of the molecule is NS(=O)(=O)c1cc(C(=O)O)c(F)cc1Br. The van der Waals surface area contributed by atoms with E-state index in [1.165, 1.54) is 0 Å². The van der Waals surface area contributed by atoms with Gasteiger partial charge < -0.3 is 5.11 Å². The lowest BCUT2D eigenvalue weighted by molar-refractivity contribution is 0.0691. The van der Waals surface area contributed by atoms with Gasteiger partial charge in [-0.15, -0.1) is 0 Å². The van der Waals surface area contributed by atoms with Crippen LogP contribution >= 0.6 is 15.9 Å². The Morgan fingerprint density at radius 1 is 1.47 bits per heavy atom. The molecule has 0 saturated heterocycles. The standard InChI is InChI=1S/C7H5BrFNO4S/c8-4-2-5(9)3(7(11)12)1-6(4)15(10,13)14/h1-2H,(H,11,12)(H2,10,13,14). The van der Waals surface area contributed by atoms with E-state index >= 15 is 0 Å². The molecule has 0 fully saturated rings. The van der Waals surface area contributed by atoms with Crippen LogP contribution in [-0.4, -0.2) is 19.5 Å². The fourth-order valence-electron chi connectivity index (χ4n) is 0.911. The maximum absolute atomic E-state index is 13.0. The molecule has 0 atom stereocenters. The Morgan fingerprint density at radius 2 is 2.00 bits per heavy atom. The van der Waals surface area contributed by atoms with Crippen molar-refractivity contribution in [2.75, 3.05) is 0 Å². The molecule has 8 heteroatoms. The molecule has 0 amide bonds. The topological polar surface area (TPSA) is 97.5 Å². The molecule has 0 spiro atoms. The molecule has 0 aliphatic carbocycles. The minimum absolute atomic E-state index is 0.118. The fourth-order valence-corrected chi connectivity index (χ4v) is 2.52. The Labute approximate surface area is 92.9 Å². The van der Waals surface area contributed by atoms with Crippen LogP contribution in [0.5, 0.6) is 0 Å². The van der Waals surface area contributed by atoms with E-state index in [2.05, 4.69) is 15.9 Å². The molecular formula is C7H5BrFNO4S. The second kappa shape index (κ2) is 3.87. The van der Waals surface area contributed by atoms with Crippen LogP contribution in [-0.2, 0) is 10.0 Å². The molecule has 15 heavy (non-hydrogen) atoms. The number of hydrogen-bond donors (Lipinski definition) is 2. The molecule has 1 rings (SSSR count). The summed E-state index contributed by atoms with van der Waals surface area (Å²) in [6.45, 7) is 0. The van der Waals surface area contributed by atoms with Crippen molar-refractivity contribution in [3.8, 4) is 0 Å². The molecule has 0 aliphatic heterocycles. The second-order valence-corrected chi connectivity index (χ2v) is 5.00. The number of benzene rings is 1. The molecule has 1 aromatic rings. The predicted molar refractivity (Wildman–Crippen MR) is 52.4 cm³/mol. The van der Waals surface area contributed by atoms with E-state index in [0.717, 1.165) is 6.07 Å². The van der Waals surface area contributed by atoms with Crippen molar-refractivity contribution in [1.29, 1.82) is 0 Å². The molecule has 0 radical (unpaired) electrons. The molecule has 0 saturated carbocycles. The molecule has 0 bridgehead atoms. The number of carboxylic acids is 1. The van der Waals surface area contributed by atoms with Crippen LogP contribution in [0.3, 0.4) is 0 Å². The lowest BCUT2D eigenvalue weighted by Crippen LogP contribution is -2.14. The van der Waals surface area contributed by atoms with Crippen molar-refractivity contribution in [1.82, 2.24) is 0 Å². The summed E-state index contributed by atoms with van der Waals surface area (Å²) in [7, 11) is -4.08. The fraction of sp³-hybridized carbons (Fsp3) is 0. The highest BCUT2D eigenvalue weighted by molar-refractivity contribution is 9.10. The third-order valence-electron chi connectivity index (χ3n) is 1.56. The number of rotatable bonds is 2. The first-order valence-electron chi connectivity index (χ1n) is 3.48. The Balaban J connectivity index is 3.58. The molecule has 82 valence electrons. The van der Waals surface area contributed by atoms with Crippen LogP contribution in [0.1, 0.15) is 10.4 Å². The van der Waals surface area contributed by atoms with Crippen LogP contribution in [0.15, 0.2) is 21.5 Å². The van der Waals surface area contributed by atoms with Gasteiger partial charge in [-0.3, -0.25) is 0 Å². The number of primary sulfonamides is 1. The quantitative estimate of drug-likeness (QED) is 0.848. The summed E-state index contributed by atoms with van der Waals surface area (Å²) in [5, 5.41) is 13.4. The van der Waals surface area contributed by atoms with Gasteiger partial charge in [-0.1, -0.05) is 0 Å². The Hall–Kier alpha value is -0.990. The van der Waals surface area contributed by atoms with Crippen LogP contribution in [0.2, 0.25) is 0 Å². The van der Waals surface area contributed by atoms with Gasteiger partial charge in [-0.2, -0.15) is 0 Å². The highest BCUT2D eigenvalue weighted by Crippen LogP contribution is 2.24. The largest absolute Gasteiger partial charge is 0.478 e. The summed E-state index contributed by atoms with van der Waals surface area (Å²) < 4.78 is 34.8. The van der Waals surface area contributed by atoms with Crippen LogP contribution in [0.4, 0.5) is 4.39 Å². The number of carboxylic acid groups (broad SMARTS) is 1. The van der Waals surface area contributed by atoms with Gasteiger partial charge in [-0.25, -0.2) is 22.7 Å². The molecule has 0 aromatic heterocycles. The van der Waals surface area contributed by atoms with Crippen molar-refractivity contribution in [3.63, 3.8) is 0 Å². The summed E-state index contributed by atoms with van der Waals surface area (Å²) >= 11 is 2.77. The van der Waals surface area contributed by atoms with E-state index in [4.69, 9.17) is 10.2 Å². The molecule has 5 nitrogen and oxygen atoms in total. The molecular weight excluding hydrogens is 293 g/mol. The lowest BCUT2D eigenvalue weighted by Gasteiger charge is -2.04. The molecule has 3 N–H and O–H groups in total. The number of carbonyl (C=O) groups is 1. The van der Waals surface area contributed by atoms with Gasteiger partial charge in [0.25, 0.3) is 0 Å². The average Bonchev–Trinajstić information content (AvgIpc) is 2.00. The van der Waals surface area contributed by atoms with Gasteiger partial charge in [-0.05, 0) is 28.1 Å². The molecule has 0 unspecified atom stereocenters. The van der Waals surface area contributed by atoms with E-state index in [0.29, 0.717) is 6.07 Å². The normalized spacial score (nSPS) is 11.4. The third kappa shape index (κ3) is 2.52. The zero-order valence-electron chi connectivity index (χ0n) is 7.07. The van der Waals surface area contributed by atoms with Crippen LogP contribution < -0.4 is 5.14 Å². The van der Waals surface area contributed by atoms with Gasteiger partial charge >= 0.3 is 5.97 Å². The first kappa shape index (κ1) is 12.1. The lowest BCUT2D eigenvalue weighted by atomic mass is 10.2. The summed E-state index contributed by atoms with van der Waals surface area (Å²) in [6.07, 6.45) is 0. The maximum Gasteiger partial charge on any atom is 0.338 e. The number of hydrogen-bond acceptors (Lipinski definition) is 3. The smallest absolute Gasteiger partial charge is 0.338 e. The molecule has 0 aliphatic rings. The maximum atomic E-state index is 13.0. The van der Waals surface area contributed by atoms with Crippen LogP contribution in [0, 0.1) is 5.82 Å². The minimum Gasteiger partial charge on any atom is -0.478 e. The minimum atomic E-state index is -4.08.